The highest BCUT2D eigenvalue weighted by atomic mass is 19.1. The van der Waals surface area contributed by atoms with Gasteiger partial charge in [-0.1, -0.05) is 24.3 Å². The van der Waals surface area contributed by atoms with Crippen molar-refractivity contribution in [2.24, 2.45) is 0 Å². The van der Waals surface area contributed by atoms with E-state index in [0.29, 0.717) is 5.69 Å². The number of halogens is 3. The molecule has 0 fully saturated rings. The molecule has 144 valence electrons. The second-order valence-electron chi connectivity index (χ2n) is 6.22. The zero-order chi connectivity index (χ0) is 20.4. The molecule has 0 saturated heterocycles. The molecule has 0 aliphatic carbocycles. The molecule has 0 spiro atoms. The molecule has 0 aliphatic heterocycles. The van der Waals surface area contributed by atoms with Crippen LogP contribution in [0.1, 0.15) is 10.5 Å². The van der Waals surface area contributed by atoms with Gasteiger partial charge < -0.3 is 5.32 Å². The summed E-state index contributed by atoms with van der Waals surface area (Å²) < 4.78 is 42.7. The fraction of sp³-hybridized carbons (Fsp3) is 0. The summed E-state index contributed by atoms with van der Waals surface area (Å²) in [6, 6.07) is 18.5. The molecule has 1 aromatic heterocycles. The van der Waals surface area contributed by atoms with E-state index in [1.165, 1.54) is 65.3 Å². The van der Waals surface area contributed by atoms with Crippen LogP contribution < -0.4 is 5.32 Å². The Bertz CT molecular complexity index is 1190. The van der Waals surface area contributed by atoms with Gasteiger partial charge in [-0.2, -0.15) is 5.10 Å². The summed E-state index contributed by atoms with van der Waals surface area (Å²) in [4.78, 5) is 12.9. The second-order valence-corrected chi connectivity index (χ2v) is 6.22. The zero-order valence-electron chi connectivity index (χ0n) is 14.9. The lowest BCUT2D eigenvalue weighted by molar-refractivity contribution is 0.101. The van der Waals surface area contributed by atoms with Gasteiger partial charge in [0.25, 0.3) is 5.91 Å². The quantitative estimate of drug-likeness (QED) is 0.517. The predicted molar refractivity (Wildman–Crippen MR) is 103 cm³/mol. The van der Waals surface area contributed by atoms with Crippen LogP contribution in [0.5, 0.6) is 0 Å². The van der Waals surface area contributed by atoms with Crippen molar-refractivity contribution in [3.63, 3.8) is 0 Å². The molecule has 0 atom stereocenters. The van der Waals surface area contributed by atoms with Crippen LogP contribution in [0.4, 0.5) is 18.9 Å². The number of carbonyl (C=O) groups excluding carboxylic acids is 1. The lowest BCUT2D eigenvalue weighted by Crippen LogP contribution is -2.17. The monoisotopic (exact) mass is 393 g/mol. The van der Waals surface area contributed by atoms with Gasteiger partial charge in [0.1, 0.15) is 23.1 Å². The Morgan fingerprint density at radius 3 is 2.17 bits per heavy atom. The van der Waals surface area contributed by atoms with Crippen LogP contribution in [-0.2, 0) is 0 Å². The fourth-order valence-corrected chi connectivity index (χ4v) is 2.87. The molecule has 4 aromatic rings. The Balaban J connectivity index is 1.80. The van der Waals surface area contributed by atoms with E-state index in [1.807, 2.05) is 0 Å². The molecule has 0 unspecified atom stereocenters. The van der Waals surface area contributed by atoms with Gasteiger partial charge in [0.15, 0.2) is 0 Å². The molecule has 0 aliphatic rings. The van der Waals surface area contributed by atoms with Gasteiger partial charge in [-0.25, -0.2) is 17.9 Å². The SMILES string of the molecule is O=C(Nc1ccccc1F)c1cc(-c2ccccc2F)nn1-c1ccc(F)cc1. The molecular weight excluding hydrogens is 379 g/mol. The number of hydrogen-bond donors (Lipinski definition) is 1. The number of aromatic nitrogens is 2. The summed E-state index contributed by atoms with van der Waals surface area (Å²) >= 11 is 0. The van der Waals surface area contributed by atoms with Crippen molar-refractivity contribution in [1.29, 1.82) is 0 Å². The van der Waals surface area contributed by atoms with Crippen molar-refractivity contribution in [2.75, 3.05) is 5.32 Å². The van der Waals surface area contributed by atoms with E-state index < -0.39 is 23.4 Å². The maximum Gasteiger partial charge on any atom is 0.274 e. The largest absolute Gasteiger partial charge is 0.318 e. The standard InChI is InChI=1S/C22H14F3N3O/c23-14-9-11-15(12-10-14)28-21(22(29)26-19-8-4-3-7-18(19)25)13-20(27-28)16-5-1-2-6-17(16)24/h1-13H,(H,26,29). The Kier molecular flexibility index (Phi) is 4.87. The van der Waals surface area contributed by atoms with Gasteiger partial charge in [-0.15, -0.1) is 0 Å². The van der Waals surface area contributed by atoms with Gasteiger partial charge in [-0.3, -0.25) is 4.79 Å². The minimum absolute atomic E-state index is 0.00297. The number of nitrogens with one attached hydrogen (secondary N) is 1. The van der Waals surface area contributed by atoms with Gasteiger partial charge in [0, 0.05) is 5.56 Å². The van der Waals surface area contributed by atoms with E-state index in [-0.39, 0.29) is 22.6 Å². The second kappa shape index (κ2) is 7.63. The molecule has 1 heterocycles. The van der Waals surface area contributed by atoms with E-state index in [0.717, 1.165) is 0 Å². The predicted octanol–water partition coefficient (Wildman–Crippen LogP) is 5.21. The molecular formula is C22H14F3N3O. The van der Waals surface area contributed by atoms with Crippen molar-refractivity contribution in [2.45, 2.75) is 0 Å². The summed E-state index contributed by atoms with van der Waals surface area (Å²) in [5, 5.41) is 6.81. The Morgan fingerprint density at radius 2 is 1.48 bits per heavy atom. The highest BCUT2D eigenvalue weighted by molar-refractivity contribution is 6.04. The molecule has 29 heavy (non-hydrogen) atoms. The molecule has 1 amide bonds. The number of nitrogens with zero attached hydrogens (tertiary/aromatic N) is 2. The molecule has 0 bridgehead atoms. The minimum Gasteiger partial charge on any atom is -0.318 e. The van der Waals surface area contributed by atoms with Crippen LogP contribution in [0, 0.1) is 17.5 Å². The number of carbonyl (C=O) groups is 1. The van der Waals surface area contributed by atoms with Crippen LogP contribution in [0.2, 0.25) is 0 Å². The van der Waals surface area contributed by atoms with Crippen LogP contribution in [0.15, 0.2) is 78.9 Å². The molecule has 3 aromatic carbocycles. The molecule has 0 saturated carbocycles. The van der Waals surface area contributed by atoms with Crippen LogP contribution in [0.25, 0.3) is 16.9 Å². The summed E-state index contributed by atoms with van der Waals surface area (Å²) in [6.45, 7) is 0. The van der Waals surface area contributed by atoms with Gasteiger partial charge in [0.2, 0.25) is 0 Å². The molecule has 0 radical (unpaired) electrons. The van der Waals surface area contributed by atoms with Crippen molar-refractivity contribution in [3.05, 3.63) is 102 Å². The van der Waals surface area contributed by atoms with E-state index in [1.54, 1.807) is 18.2 Å². The molecule has 7 heteroatoms. The van der Waals surface area contributed by atoms with Crippen molar-refractivity contribution >= 4 is 11.6 Å². The number of hydrogen-bond acceptors (Lipinski definition) is 2. The number of amides is 1. The maximum absolute atomic E-state index is 14.2. The smallest absolute Gasteiger partial charge is 0.274 e. The first-order valence-corrected chi connectivity index (χ1v) is 8.70. The third-order valence-electron chi connectivity index (χ3n) is 4.29. The summed E-state index contributed by atoms with van der Waals surface area (Å²) in [5.74, 6) is -2.19. The lowest BCUT2D eigenvalue weighted by Gasteiger charge is -2.09. The minimum atomic E-state index is -0.644. The van der Waals surface area contributed by atoms with E-state index in [4.69, 9.17) is 0 Å². The first kappa shape index (κ1) is 18.5. The first-order chi connectivity index (χ1) is 14.0. The number of anilines is 1. The Labute approximate surface area is 164 Å². The van der Waals surface area contributed by atoms with Crippen molar-refractivity contribution < 1.29 is 18.0 Å². The Hall–Kier alpha value is -3.87. The lowest BCUT2D eigenvalue weighted by atomic mass is 10.1. The van der Waals surface area contributed by atoms with Crippen molar-refractivity contribution in [1.82, 2.24) is 9.78 Å². The average Bonchev–Trinajstić information content (AvgIpc) is 3.16. The van der Waals surface area contributed by atoms with Crippen molar-refractivity contribution in [3.8, 4) is 16.9 Å². The topological polar surface area (TPSA) is 46.9 Å². The van der Waals surface area contributed by atoms with Crippen LogP contribution >= 0.6 is 0 Å². The van der Waals surface area contributed by atoms with E-state index in [9.17, 15) is 18.0 Å². The summed E-state index contributed by atoms with van der Waals surface area (Å²) in [5.41, 5.74) is 0.849. The normalized spacial score (nSPS) is 10.7. The van der Waals surface area contributed by atoms with Gasteiger partial charge in [-0.05, 0) is 54.6 Å². The van der Waals surface area contributed by atoms with Crippen LogP contribution in [0.3, 0.4) is 0 Å². The third kappa shape index (κ3) is 3.75. The van der Waals surface area contributed by atoms with Gasteiger partial charge >= 0.3 is 0 Å². The number of rotatable bonds is 4. The van der Waals surface area contributed by atoms with E-state index in [2.05, 4.69) is 10.4 Å². The summed E-state index contributed by atoms with van der Waals surface area (Å²) in [7, 11) is 0. The van der Waals surface area contributed by atoms with Crippen LogP contribution in [-0.4, -0.2) is 15.7 Å². The third-order valence-corrected chi connectivity index (χ3v) is 4.29. The van der Waals surface area contributed by atoms with E-state index >= 15 is 0 Å². The highest BCUT2D eigenvalue weighted by Crippen LogP contribution is 2.25. The highest BCUT2D eigenvalue weighted by Gasteiger charge is 2.20. The molecule has 4 rings (SSSR count). The molecule has 1 N–H and O–H groups in total. The first-order valence-electron chi connectivity index (χ1n) is 8.70. The summed E-state index contributed by atoms with van der Waals surface area (Å²) in [6.07, 6.45) is 0. The maximum atomic E-state index is 14.2. The average molecular weight is 393 g/mol. The number of para-hydroxylation sites is 1. The Morgan fingerprint density at radius 1 is 0.828 bits per heavy atom. The number of benzene rings is 3. The fourth-order valence-electron chi connectivity index (χ4n) is 2.87. The van der Waals surface area contributed by atoms with Gasteiger partial charge in [0.05, 0.1) is 17.1 Å². The zero-order valence-corrected chi connectivity index (χ0v) is 14.9. The molecule has 4 nitrogen and oxygen atoms in total.